The van der Waals surface area contributed by atoms with Crippen molar-refractivity contribution in [3.05, 3.63) is 0 Å². The molecule has 0 aromatic rings. The van der Waals surface area contributed by atoms with E-state index >= 15 is 0 Å². The predicted octanol–water partition coefficient (Wildman–Crippen LogP) is 3.76. The number of carboxylic acid groups (broad SMARTS) is 1. The first-order chi connectivity index (χ1) is 6.89. The lowest BCUT2D eigenvalue weighted by Crippen LogP contribution is -2.45. The van der Waals surface area contributed by atoms with Crippen LogP contribution >= 0.6 is 22.6 Å². The van der Waals surface area contributed by atoms with Crippen molar-refractivity contribution < 1.29 is 9.90 Å². The van der Waals surface area contributed by atoms with Gasteiger partial charge >= 0.3 is 6.09 Å². The molecule has 0 fully saturated rings. The van der Waals surface area contributed by atoms with Gasteiger partial charge in [0.1, 0.15) is 0 Å². The summed E-state index contributed by atoms with van der Waals surface area (Å²) in [5.41, 5.74) is -0.283. The van der Waals surface area contributed by atoms with Gasteiger partial charge in [-0.05, 0) is 38.0 Å². The van der Waals surface area contributed by atoms with Gasteiger partial charge in [0, 0.05) is 12.1 Å². The van der Waals surface area contributed by atoms with Gasteiger partial charge in [0.2, 0.25) is 0 Å². The number of unbranched alkanes of at least 4 members (excludes halogenated alkanes) is 3. The fourth-order valence-electron chi connectivity index (χ4n) is 1.44. The Labute approximate surface area is 106 Å². The van der Waals surface area contributed by atoms with E-state index < -0.39 is 6.09 Å². The minimum Gasteiger partial charge on any atom is -0.465 e. The van der Waals surface area contributed by atoms with Crippen LogP contribution in [-0.2, 0) is 0 Å². The molecule has 4 heteroatoms. The molecule has 0 saturated heterocycles. The molecule has 0 atom stereocenters. The highest BCUT2D eigenvalue weighted by Crippen LogP contribution is 2.15. The van der Waals surface area contributed by atoms with Crippen molar-refractivity contribution >= 4 is 28.7 Å². The minimum atomic E-state index is -0.809. The van der Waals surface area contributed by atoms with Gasteiger partial charge in [0.15, 0.2) is 0 Å². The van der Waals surface area contributed by atoms with Crippen molar-refractivity contribution in [3.8, 4) is 0 Å². The van der Waals surface area contributed by atoms with Crippen LogP contribution < -0.4 is 0 Å². The molecule has 0 aliphatic heterocycles. The normalized spacial score (nSPS) is 11.5. The van der Waals surface area contributed by atoms with Crippen molar-refractivity contribution in [2.75, 3.05) is 11.0 Å². The Kier molecular flexibility index (Phi) is 7.30. The van der Waals surface area contributed by atoms with E-state index in [-0.39, 0.29) is 5.54 Å². The lowest BCUT2D eigenvalue weighted by molar-refractivity contribution is 0.0990. The number of rotatable bonds is 6. The zero-order chi connectivity index (χ0) is 11.9. The minimum absolute atomic E-state index is 0.283. The molecule has 0 heterocycles. The van der Waals surface area contributed by atoms with E-state index in [0.717, 1.165) is 12.8 Å². The van der Waals surface area contributed by atoms with Gasteiger partial charge < -0.3 is 10.0 Å². The molecule has 1 N–H and O–H groups in total. The van der Waals surface area contributed by atoms with Crippen molar-refractivity contribution in [1.82, 2.24) is 4.90 Å². The Bertz CT molecular complexity index is 190. The highest BCUT2D eigenvalue weighted by atomic mass is 127. The van der Waals surface area contributed by atoms with Gasteiger partial charge in [-0.3, -0.25) is 0 Å². The van der Waals surface area contributed by atoms with Gasteiger partial charge in [-0.2, -0.15) is 0 Å². The molecule has 0 spiro atoms. The summed E-state index contributed by atoms with van der Waals surface area (Å²) in [5.74, 6) is 0. The van der Waals surface area contributed by atoms with Crippen LogP contribution in [0.1, 0.15) is 46.5 Å². The van der Waals surface area contributed by atoms with Crippen LogP contribution in [0.25, 0.3) is 0 Å². The Morgan fingerprint density at radius 2 is 1.73 bits per heavy atom. The largest absolute Gasteiger partial charge is 0.465 e. The lowest BCUT2D eigenvalue weighted by atomic mass is 10.1. The first-order valence-electron chi connectivity index (χ1n) is 5.46. The molecule has 0 rings (SSSR count). The number of hydrogen-bond donors (Lipinski definition) is 1. The third-order valence-corrected chi connectivity index (χ3v) is 3.07. The number of nitrogens with zero attached hydrogens (tertiary/aromatic N) is 1. The summed E-state index contributed by atoms with van der Waals surface area (Å²) in [6.45, 7) is 6.46. The SMILES string of the molecule is CC(C)(C)N(CCCCCCI)C(=O)O. The monoisotopic (exact) mass is 327 g/mol. The second-order valence-electron chi connectivity index (χ2n) is 4.71. The fraction of sp³-hybridized carbons (Fsp3) is 0.909. The maximum absolute atomic E-state index is 11.0. The maximum atomic E-state index is 11.0. The Hall–Kier alpha value is 0. The average molecular weight is 327 g/mol. The Morgan fingerprint density at radius 1 is 1.20 bits per heavy atom. The molecular formula is C11H22INO2. The highest BCUT2D eigenvalue weighted by molar-refractivity contribution is 14.1. The van der Waals surface area contributed by atoms with E-state index in [9.17, 15) is 4.79 Å². The standard InChI is InChI=1S/C11H22INO2/c1-11(2,3)13(10(14)15)9-7-5-4-6-8-12/h4-9H2,1-3H3,(H,14,15). The van der Waals surface area contributed by atoms with Crippen LogP contribution in [0.2, 0.25) is 0 Å². The van der Waals surface area contributed by atoms with Crippen LogP contribution in [-0.4, -0.2) is 32.6 Å². The van der Waals surface area contributed by atoms with E-state index in [1.165, 1.54) is 22.2 Å². The number of carbonyl (C=O) groups is 1. The summed E-state index contributed by atoms with van der Waals surface area (Å²) in [5, 5.41) is 9.04. The number of halogens is 1. The van der Waals surface area contributed by atoms with E-state index in [2.05, 4.69) is 22.6 Å². The van der Waals surface area contributed by atoms with E-state index in [1.54, 1.807) is 0 Å². The first kappa shape index (κ1) is 15.0. The molecule has 15 heavy (non-hydrogen) atoms. The van der Waals surface area contributed by atoms with E-state index in [4.69, 9.17) is 5.11 Å². The summed E-state index contributed by atoms with van der Waals surface area (Å²) in [7, 11) is 0. The van der Waals surface area contributed by atoms with Crippen LogP contribution in [0.15, 0.2) is 0 Å². The number of hydrogen-bond acceptors (Lipinski definition) is 1. The zero-order valence-electron chi connectivity index (χ0n) is 9.92. The summed E-state index contributed by atoms with van der Waals surface area (Å²) in [6.07, 6.45) is 3.74. The van der Waals surface area contributed by atoms with Gasteiger partial charge in [-0.1, -0.05) is 35.4 Å². The van der Waals surface area contributed by atoms with Crippen LogP contribution in [0.4, 0.5) is 4.79 Å². The topological polar surface area (TPSA) is 40.5 Å². The number of amides is 1. The molecule has 0 aliphatic rings. The van der Waals surface area contributed by atoms with Crippen LogP contribution in [0.5, 0.6) is 0 Å². The highest BCUT2D eigenvalue weighted by Gasteiger charge is 2.24. The second-order valence-corrected chi connectivity index (χ2v) is 5.79. The average Bonchev–Trinajstić information content (AvgIpc) is 2.08. The van der Waals surface area contributed by atoms with Crippen molar-refractivity contribution in [2.45, 2.75) is 52.0 Å². The first-order valence-corrected chi connectivity index (χ1v) is 6.98. The molecular weight excluding hydrogens is 305 g/mol. The molecule has 1 amide bonds. The summed E-state index contributed by atoms with van der Waals surface area (Å²) in [4.78, 5) is 12.5. The van der Waals surface area contributed by atoms with Crippen molar-refractivity contribution in [2.24, 2.45) is 0 Å². The predicted molar refractivity (Wildman–Crippen MR) is 71.8 cm³/mol. The molecule has 0 radical (unpaired) electrons. The molecule has 0 bridgehead atoms. The van der Waals surface area contributed by atoms with Gasteiger partial charge in [0.05, 0.1) is 0 Å². The third-order valence-electron chi connectivity index (χ3n) is 2.31. The summed E-state index contributed by atoms with van der Waals surface area (Å²) in [6, 6.07) is 0. The Morgan fingerprint density at radius 3 is 2.13 bits per heavy atom. The molecule has 0 saturated carbocycles. The molecule has 3 nitrogen and oxygen atoms in total. The molecule has 90 valence electrons. The number of alkyl halides is 1. The quantitative estimate of drug-likeness (QED) is 0.458. The van der Waals surface area contributed by atoms with Gasteiger partial charge in [0.25, 0.3) is 0 Å². The maximum Gasteiger partial charge on any atom is 0.407 e. The van der Waals surface area contributed by atoms with Crippen molar-refractivity contribution in [1.29, 1.82) is 0 Å². The van der Waals surface area contributed by atoms with E-state index in [1.807, 2.05) is 20.8 Å². The molecule has 0 aromatic carbocycles. The molecule has 0 aliphatic carbocycles. The summed E-state index contributed by atoms with van der Waals surface area (Å²) < 4.78 is 1.19. The molecule has 0 unspecified atom stereocenters. The fourth-order valence-corrected chi connectivity index (χ4v) is 1.98. The van der Waals surface area contributed by atoms with Gasteiger partial charge in [-0.25, -0.2) is 4.79 Å². The molecule has 0 aromatic heterocycles. The van der Waals surface area contributed by atoms with Crippen LogP contribution in [0, 0.1) is 0 Å². The third kappa shape index (κ3) is 6.98. The van der Waals surface area contributed by atoms with Crippen LogP contribution in [0.3, 0.4) is 0 Å². The smallest absolute Gasteiger partial charge is 0.407 e. The van der Waals surface area contributed by atoms with Crippen molar-refractivity contribution in [3.63, 3.8) is 0 Å². The zero-order valence-corrected chi connectivity index (χ0v) is 12.1. The lowest BCUT2D eigenvalue weighted by Gasteiger charge is -2.33. The Balaban J connectivity index is 3.84. The summed E-state index contributed by atoms with van der Waals surface area (Å²) >= 11 is 2.37. The van der Waals surface area contributed by atoms with E-state index in [0.29, 0.717) is 6.54 Å². The van der Waals surface area contributed by atoms with Gasteiger partial charge in [-0.15, -0.1) is 0 Å². The second kappa shape index (κ2) is 7.30.